The Balaban J connectivity index is 0.966. The fraction of sp³-hybridized carbons (Fsp3) is 0.0345. The first-order chi connectivity index (χ1) is 46.0. The molecule has 2 nitrogen and oxygen atoms in total. The maximum atomic E-state index is 2.61. The molecule has 428 valence electrons. The molecule has 1 atom stereocenters. The molecule has 14 aromatic carbocycles. The third-order valence-corrected chi connectivity index (χ3v) is 21.9. The topological polar surface area (TPSA) is 9.86 Å². The molecule has 2 aromatic heterocycles. The Morgan fingerprint density at radius 3 is 0.968 bits per heavy atom. The summed E-state index contributed by atoms with van der Waals surface area (Å²) in [7, 11) is 0. The number of para-hydroxylation sites is 2. The van der Waals surface area contributed by atoms with Gasteiger partial charge in [-0.05, 0) is 119 Å². The molecule has 16 aromatic rings. The zero-order valence-electron chi connectivity index (χ0n) is 51.7. The predicted octanol–water partition coefficient (Wildman–Crippen LogP) is 11.5. The molecule has 0 fully saturated rings. The van der Waals surface area contributed by atoms with Crippen LogP contribution in [0.3, 0.4) is 0 Å². The Kier molecular flexibility index (Phi) is 11.3. The summed E-state index contributed by atoms with van der Waals surface area (Å²) in [6.45, 7) is 4.32. The van der Waals surface area contributed by atoms with Crippen LogP contribution in [0.25, 0.3) is 77.2 Å². The summed E-state index contributed by atoms with van der Waals surface area (Å²) in [6, 6.07) is 122. The summed E-state index contributed by atoms with van der Waals surface area (Å²) in [6.07, 6.45) is 0. The Morgan fingerprint density at radius 2 is 0.570 bits per heavy atom. The summed E-state index contributed by atoms with van der Waals surface area (Å²) in [5.41, 5.74) is 35.6. The summed E-state index contributed by atoms with van der Waals surface area (Å²) in [5.74, 6) is 0. The normalized spacial score (nSPS) is 14.7. The minimum atomic E-state index is -0.757. The van der Waals surface area contributed by atoms with E-state index in [0.29, 0.717) is 0 Å². The van der Waals surface area contributed by atoms with Crippen molar-refractivity contribution in [1.29, 1.82) is 0 Å². The van der Waals surface area contributed by atoms with E-state index in [9.17, 15) is 0 Å². The molecule has 0 bridgehead atoms. The lowest BCUT2D eigenvalue weighted by Gasteiger charge is -2.36. The average molecular weight is 1170 g/mol. The minimum absolute atomic E-state index is 0.000207. The Morgan fingerprint density at radius 1 is 0.247 bits per heavy atom. The smallest absolute Gasteiger partial charge is 0.240 e. The maximum absolute atomic E-state index is 2.61. The first-order valence-electron chi connectivity index (χ1n) is 33.0. The van der Waals surface area contributed by atoms with E-state index in [-0.39, 0.29) is 26.9 Å². The zero-order chi connectivity index (χ0) is 61.2. The van der Waals surface area contributed by atoms with Gasteiger partial charge in [-0.15, -0.1) is 0 Å². The van der Waals surface area contributed by atoms with E-state index in [1.165, 1.54) is 165 Å². The Bertz CT molecular complexity index is 5700. The highest BCUT2D eigenvalue weighted by Gasteiger charge is 2.56. The molecule has 1 unspecified atom stereocenters. The van der Waals surface area contributed by atoms with Crippen molar-refractivity contribution in [2.24, 2.45) is 0 Å². The van der Waals surface area contributed by atoms with Gasteiger partial charge in [-0.3, -0.25) is 0 Å². The molecule has 20 rings (SSSR count). The first kappa shape index (κ1) is 52.7. The SMILES string of the molecule is Cc1ccc2c(c1)c1cc(C)ccc1n2-c1ccc2c(c1)-c1c(ccc3c1B(c1ccccc1)c1ccccc1B3c1ccccc1)C21c2ccc(-n3c4ccccc4c4ccccc43)cc2-c2c1ccc1c2B(c2ccccc2)c2ccccc2B1c1ccccc1. The van der Waals surface area contributed by atoms with Gasteiger partial charge < -0.3 is 9.13 Å². The zero-order valence-corrected chi connectivity index (χ0v) is 51.7. The Hall–Kier alpha value is -11.1. The number of hydrogen-bond acceptors (Lipinski definition) is 0. The van der Waals surface area contributed by atoms with Crippen LogP contribution in [0.1, 0.15) is 33.4 Å². The van der Waals surface area contributed by atoms with Crippen LogP contribution in [0.5, 0.6) is 0 Å². The summed E-state index contributed by atoms with van der Waals surface area (Å²) in [5, 5.41) is 5.07. The second-order valence-corrected chi connectivity index (χ2v) is 26.6. The monoisotopic (exact) mass is 1170 g/mol. The highest BCUT2D eigenvalue weighted by atomic mass is 15.0. The summed E-state index contributed by atoms with van der Waals surface area (Å²) >= 11 is 0. The van der Waals surface area contributed by atoms with Gasteiger partial charge in [0.15, 0.2) is 0 Å². The van der Waals surface area contributed by atoms with Crippen molar-refractivity contribution in [2.45, 2.75) is 19.3 Å². The highest BCUT2D eigenvalue weighted by molar-refractivity contribution is 7.12. The highest BCUT2D eigenvalue weighted by Crippen LogP contribution is 2.63. The average Bonchev–Trinajstić information content (AvgIpc) is 1.50. The van der Waals surface area contributed by atoms with Gasteiger partial charge in [0, 0.05) is 32.9 Å². The van der Waals surface area contributed by atoms with Crippen LogP contribution >= 0.6 is 0 Å². The first-order valence-corrected chi connectivity index (χ1v) is 33.0. The molecule has 93 heavy (non-hydrogen) atoms. The van der Waals surface area contributed by atoms with Gasteiger partial charge in [0.1, 0.15) is 0 Å². The molecule has 0 saturated heterocycles. The van der Waals surface area contributed by atoms with Gasteiger partial charge in [0.25, 0.3) is 0 Å². The fourth-order valence-corrected chi connectivity index (χ4v) is 18.3. The quantitative estimate of drug-likeness (QED) is 0.147. The third kappa shape index (κ3) is 7.30. The lowest BCUT2D eigenvalue weighted by Crippen LogP contribution is -2.75. The molecular weight excluding hydrogens is 1120 g/mol. The second-order valence-electron chi connectivity index (χ2n) is 26.6. The van der Waals surface area contributed by atoms with E-state index in [2.05, 4.69) is 338 Å². The summed E-state index contributed by atoms with van der Waals surface area (Å²) < 4.78 is 5.08. The predicted molar refractivity (Wildman–Crippen MR) is 398 cm³/mol. The van der Waals surface area contributed by atoms with Crippen molar-refractivity contribution in [2.75, 3.05) is 0 Å². The van der Waals surface area contributed by atoms with E-state index >= 15 is 0 Å². The van der Waals surface area contributed by atoms with Gasteiger partial charge in [-0.2, -0.15) is 0 Å². The molecule has 0 saturated carbocycles. The molecule has 2 aliphatic carbocycles. The lowest BCUT2D eigenvalue weighted by atomic mass is 9.20. The van der Waals surface area contributed by atoms with Crippen LogP contribution in [-0.4, -0.2) is 36.0 Å². The van der Waals surface area contributed by atoms with Crippen molar-refractivity contribution in [3.8, 4) is 33.6 Å². The van der Waals surface area contributed by atoms with E-state index in [1.807, 2.05) is 0 Å². The number of aryl methyl sites for hydroxylation is 2. The van der Waals surface area contributed by atoms with Crippen LogP contribution in [-0.2, 0) is 5.41 Å². The molecule has 4 heterocycles. The summed E-state index contributed by atoms with van der Waals surface area (Å²) in [4.78, 5) is 0. The number of rotatable bonds is 6. The largest absolute Gasteiger partial charge is 0.309 e. The van der Waals surface area contributed by atoms with E-state index in [4.69, 9.17) is 0 Å². The van der Waals surface area contributed by atoms with Crippen LogP contribution in [0.4, 0.5) is 0 Å². The molecular formula is C87H58B4N2. The molecule has 2 aliphatic heterocycles. The van der Waals surface area contributed by atoms with Crippen LogP contribution in [0, 0.1) is 13.8 Å². The molecule has 1 spiro atoms. The number of hydrogen-bond donors (Lipinski definition) is 0. The van der Waals surface area contributed by atoms with E-state index in [0.717, 1.165) is 11.4 Å². The van der Waals surface area contributed by atoms with Gasteiger partial charge in [0.2, 0.25) is 26.9 Å². The van der Waals surface area contributed by atoms with Crippen molar-refractivity contribution >= 4 is 136 Å². The van der Waals surface area contributed by atoms with Gasteiger partial charge in [-0.25, -0.2) is 0 Å². The van der Waals surface area contributed by atoms with E-state index < -0.39 is 5.41 Å². The number of nitrogens with zero attached hydrogens (tertiary/aromatic N) is 2. The maximum Gasteiger partial charge on any atom is 0.240 e. The van der Waals surface area contributed by atoms with Gasteiger partial charge in [0.05, 0.1) is 27.5 Å². The molecule has 0 N–H and O–H groups in total. The van der Waals surface area contributed by atoms with Gasteiger partial charge in [-0.1, -0.05) is 331 Å². The van der Waals surface area contributed by atoms with Crippen LogP contribution in [0.15, 0.2) is 315 Å². The number of fused-ring (bicyclic) bond motifs is 22. The van der Waals surface area contributed by atoms with Crippen LogP contribution in [0.2, 0.25) is 0 Å². The molecule has 0 amide bonds. The molecule has 0 radical (unpaired) electrons. The minimum Gasteiger partial charge on any atom is -0.309 e. The number of benzene rings is 14. The molecule has 6 heteroatoms. The van der Waals surface area contributed by atoms with Crippen molar-refractivity contribution in [3.63, 3.8) is 0 Å². The van der Waals surface area contributed by atoms with E-state index in [1.54, 1.807) is 0 Å². The second kappa shape index (κ2) is 20.0. The fourth-order valence-electron chi connectivity index (χ4n) is 18.3. The molecule has 4 aliphatic rings. The lowest BCUT2D eigenvalue weighted by molar-refractivity contribution is 0.794. The number of aromatic nitrogens is 2. The van der Waals surface area contributed by atoms with Crippen LogP contribution < -0.4 is 65.6 Å². The van der Waals surface area contributed by atoms with Crippen molar-refractivity contribution in [1.82, 2.24) is 9.13 Å². The Labute approximate surface area is 543 Å². The van der Waals surface area contributed by atoms with Gasteiger partial charge >= 0.3 is 0 Å². The standard InChI is InChI=1S/C87H58B4N2/c1-55-39-49-81-65(51-55)66-52-56(2)40-50-82(66)93(81)62-42-44-70-68(54-62)84-72(46-48-78-86(84)91(60-29-13-6-14-30-60)76-36-20-18-34-74(76)89(78)58-25-9-4-10-26-58)87(70)69-43-41-61(92-79-37-21-15-31-63(79)64-32-16-22-38-80(64)92)53-67(69)83-71(87)45-47-77-85(83)90(59-27-11-5-12-28-59)75-35-19-17-33-73(75)88(77)57-23-7-3-8-24-57/h3-54H,1-2H3. The van der Waals surface area contributed by atoms with Crippen molar-refractivity contribution in [3.05, 3.63) is 349 Å². The van der Waals surface area contributed by atoms with Crippen molar-refractivity contribution < 1.29 is 0 Å². The third-order valence-electron chi connectivity index (χ3n) is 21.9.